The Morgan fingerprint density at radius 3 is 2.55 bits per heavy atom. The SMILES string of the molecule is COc1ccc(-c2noc(CN3CCC(C(=O)Nc4cccc(OC)c4)CC3)n2)cc1. The fraction of sp³-hybridized carbons (Fsp3) is 0.348. The van der Waals surface area contributed by atoms with E-state index in [4.69, 9.17) is 14.0 Å². The maximum absolute atomic E-state index is 12.6. The molecule has 0 radical (unpaired) electrons. The molecule has 0 bridgehead atoms. The number of amides is 1. The molecule has 4 rings (SSSR count). The van der Waals surface area contributed by atoms with Crippen LogP contribution in [-0.4, -0.2) is 48.3 Å². The Morgan fingerprint density at radius 2 is 1.84 bits per heavy atom. The first-order valence-corrected chi connectivity index (χ1v) is 10.3. The minimum Gasteiger partial charge on any atom is -0.497 e. The van der Waals surface area contributed by atoms with Crippen LogP contribution in [0.15, 0.2) is 53.1 Å². The van der Waals surface area contributed by atoms with Crippen molar-refractivity contribution in [2.45, 2.75) is 19.4 Å². The molecule has 8 nitrogen and oxygen atoms in total. The average Bonchev–Trinajstić information content (AvgIpc) is 3.28. The average molecular weight is 422 g/mol. The summed E-state index contributed by atoms with van der Waals surface area (Å²) in [7, 11) is 3.24. The number of ether oxygens (including phenoxy) is 2. The van der Waals surface area contributed by atoms with E-state index in [1.54, 1.807) is 14.2 Å². The number of rotatable bonds is 7. The number of nitrogens with zero attached hydrogens (tertiary/aromatic N) is 3. The molecule has 1 aliphatic rings. The van der Waals surface area contributed by atoms with Gasteiger partial charge in [-0.25, -0.2) is 0 Å². The van der Waals surface area contributed by atoms with Gasteiger partial charge in [0.1, 0.15) is 11.5 Å². The van der Waals surface area contributed by atoms with Crippen molar-refractivity contribution in [3.8, 4) is 22.9 Å². The van der Waals surface area contributed by atoms with E-state index in [1.165, 1.54) is 0 Å². The van der Waals surface area contributed by atoms with Gasteiger partial charge in [-0.15, -0.1) is 0 Å². The lowest BCUT2D eigenvalue weighted by Crippen LogP contribution is -2.37. The van der Waals surface area contributed by atoms with Gasteiger partial charge in [0, 0.05) is 23.2 Å². The fourth-order valence-electron chi connectivity index (χ4n) is 3.67. The van der Waals surface area contributed by atoms with Crippen molar-refractivity contribution in [2.75, 3.05) is 32.6 Å². The molecule has 1 aromatic heterocycles. The van der Waals surface area contributed by atoms with Gasteiger partial charge in [-0.3, -0.25) is 9.69 Å². The number of benzene rings is 2. The lowest BCUT2D eigenvalue weighted by Gasteiger charge is -2.30. The smallest absolute Gasteiger partial charge is 0.241 e. The van der Waals surface area contributed by atoms with E-state index in [-0.39, 0.29) is 11.8 Å². The summed E-state index contributed by atoms with van der Waals surface area (Å²) in [4.78, 5) is 19.4. The number of aromatic nitrogens is 2. The molecule has 3 aromatic rings. The summed E-state index contributed by atoms with van der Waals surface area (Å²) >= 11 is 0. The molecule has 2 heterocycles. The topological polar surface area (TPSA) is 89.7 Å². The summed E-state index contributed by atoms with van der Waals surface area (Å²) in [6.45, 7) is 2.18. The lowest BCUT2D eigenvalue weighted by molar-refractivity contribution is -0.121. The van der Waals surface area contributed by atoms with Gasteiger partial charge in [0.25, 0.3) is 0 Å². The number of hydrogen-bond donors (Lipinski definition) is 1. The number of piperidine rings is 1. The highest BCUT2D eigenvalue weighted by molar-refractivity contribution is 5.92. The Balaban J connectivity index is 1.28. The van der Waals surface area contributed by atoms with E-state index >= 15 is 0 Å². The summed E-state index contributed by atoms with van der Waals surface area (Å²) in [6, 6.07) is 14.9. The minimum absolute atomic E-state index is 0.0139. The molecule has 162 valence electrons. The molecule has 1 fully saturated rings. The number of likely N-dealkylation sites (tertiary alicyclic amines) is 1. The zero-order valence-corrected chi connectivity index (χ0v) is 17.7. The lowest BCUT2D eigenvalue weighted by atomic mass is 9.96. The maximum Gasteiger partial charge on any atom is 0.241 e. The molecule has 0 spiro atoms. The zero-order valence-electron chi connectivity index (χ0n) is 17.7. The summed E-state index contributed by atoms with van der Waals surface area (Å²) in [5.41, 5.74) is 1.63. The number of hydrogen-bond acceptors (Lipinski definition) is 7. The molecule has 1 aliphatic heterocycles. The maximum atomic E-state index is 12.6. The first-order chi connectivity index (χ1) is 15.1. The third-order valence-electron chi connectivity index (χ3n) is 5.47. The Hall–Kier alpha value is -3.39. The van der Waals surface area contributed by atoms with Crippen LogP contribution in [0.25, 0.3) is 11.4 Å². The Labute approximate surface area is 181 Å². The van der Waals surface area contributed by atoms with Gasteiger partial charge in [0.05, 0.1) is 20.8 Å². The number of carbonyl (C=O) groups is 1. The third kappa shape index (κ3) is 5.21. The molecule has 0 unspecified atom stereocenters. The standard InChI is InChI=1S/C23H26N4O4/c1-29-19-8-6-16(7-9-19)22-25-21(31-26-22)15-27-12-10-17(11-13-27)23(28)24-18-4-3-5-20(14-18)30-2/h3-9,14,17H,10-13,15H2,1-2H3,(H,24,28). The van der Waals surface area contributed by atoms with Crippen molar-refractivity contribution in [1.29, 1.82) is 0 Å². The molecule has 31 heavy (non-hydrogen) atoms. The second kappa shape index (κ2) is 9.61. The first kappa shape index (κ1) is 20.9. The molecular formula is C23H26N4O4. The Kier molecular flexibility index (Phi) is 6.47. The molecule has 1 saturated heterocycles. The van der Waals surface area contributed by atoms with Crippen molar-refractivity contribution < 1.29 is 18.8 Å². The van der Waals surface area contributed by atoms with Crippen molar-refractivity contribution in [3.05, 3.63) is 54.4 Å². The first-order valence-electron chi connectivity index (χ1n) is 10.3. The quantitative estimate of drug-likeness (QED) is 0.622. The highest BCUT2D eigenvalue weighted by Gasteiger charge is 2.26. The second-order valence-electron chi connectivity index (χ2n) is 7.51. The predicted octanol–water partition coefficient (Wildman–Crippen LogP) is 3.60. The summed E-state index contributed by atoms with van der Waals surface area (Å²) in [6.07, 6.45) is 1.57. The van der Waals surface area contributed by atoms with Crippen LogP contribution in [-0.2, 0) is 11.3 Å². The summed E-state index contributed by atoms with van der Waals surface area (Å²) in [5, 5.41) is 7.08. The minimum atomic E-state index is -0.0139. The monoisotopic (exact) mass is 422 g/mol. The number of nitrogens with one attached hydrogen (secondary N) is 1. The highest BCUT2D eigenvalue weighted by Crippen LogP contribution is 2.24. The van der Waals surface area contributed by atoms with E-state index in [0.717, 1.165) is 48.7 Å². The van der Waals surface area contributed by atoms with Gasteiger partial charge in [-0.05, 0) is 62.3 Å². The Morgan fingerprint density at radius 1 is 1.10 bits per heavy atom. The molecule has 0 aliphatic carbocycles. The van der Waals surface area contributed by atoms with E-state index in [0.29, 0.717) is 18.3 Å². The summed E-state index contributed by atoms with van der Waals surface area (Å²) < 4.78 is 15.8. The molecule has 8 heteroatoms. The van der Waals surface area contributed by atoms with Gasteiger partial charge in [-0.1, -0.05) is 11.2 Å². The largest absolute Gasteiger partial charge is 0.497 e. The second-order valence-corrected chi connectivity index (χ2v) is 7.51. The molecule has 2 aromatic carbocycles. The molecule has 1 amide bonds. The van der Waals surface area contributed by atoms with E-state index in [9.17, 15) is 4.79 Å². The number of carbonyl (C=O) groups excluding carboxylic acids is 1. The molecule has 0 saturated carbocycles. The summed E-state index contributed by atoms with van der Waals surface area (Å²) in [5.74, 6) is 2.68. The van der Waals surface area contributed by atoms with Gasteiger partial charge in [-0.2, -0.15) is 4.98 Å². The molecule has 0 atom stereocenters. The van der Waals surface area contributed by atoms with Crippen molar-refractivity contribution in [1.82, 2.24) is 15.0 Å². The normalized spacial score (nSPS) is 14.9. The highest BCUT2D eigenvalue weighted by atomic mass is 16.5. The van der Waals surface area contributed by atoms with E-state index in [1.807, 2.05) is 48.5 Å². The van der Waals surface area contributed by atoms with Crippen molar-refractivity contribution in [2.24, 2.45) is 5.92 Å². The molecule has 1 N–H and O–H groups in total. The van der Waals surface area contributed by atoms with Crippen LogP contribution in [0.4, 0.5) is 5.69 Å². The van der Waals surface area contributed by atoms with Crippen LogP contribution >= 0.6 is 0 Å². The van der Waals surface area contributed by atoms with Gasteiger partial charge >= 0.3 is 0 Å². The predicted molar refractivity (Wildman–Crippen MR) is 116 cm³/mol. The van der Waals surface area contributed by atoms with E-state index in [2.05, 4.69) is 20.4 Å². The van der Waals surface area contributed by atoms with Gasteiger partial charge < -0.3 is 19.3 Å². The van der Waals surface area contributed by atoms with Crippen LogP contribution in [0.5, 0.6) is 11.5 Å². The zero-order chi connectivity index (χ0) is 21.6. The van der Waals surface area contributed by atoms with Crippen molar-refractivity contribution >= 4 is 11.6 Å². The van der Waals surface area contributed by atoms with Crippen LogP contribution in [0.2, 0.25) is 0 Å². The Bertz CT molecular complexity index is 1010. The number of methoxy groups -OCH3 is 2. The van der Waals surface area contributed by atoms with Crippen LogP contribution in [0.1, 0.15) is 18.7 Å². The van der Waals surface area contributed by atoms with Crippen LogP contribution in [0, 0.1) is 5.92 Å². The van der Waals surface area contributed by atoms with Crippen LogP contribution < -0.4 is 14.8 Å². The van der Waals surface area contributed by atoms with Crippen LogP contribution in [0.3, 0.4) is 0 Å². The molecular weight excluding hydrogens is 396 g/mol. The van der Waals surface area contributed by atoms with Gasteiger partial charge in [0.2, 0.25) is 17.6 Å². The van der Waals surface area contributed by atoms with E-state index < -0.39 is 0 Å². The van der Waals surface area contributed by atoms with Crippen molar-refractivity contribution in [3.63, 3.8) is 0 Å². The third-order valence-corrected chi connectivity index (χ3v) is 5.47. The van der Waals surface area contributed by atoms with Gasteiger partial charge in [0.15, 0.2) is 0 Å². The fourth-order valence-corrected chi connectivity index (χ4v) is 3.67. The number of anilines is 1.